The van der Waals surface area contributed by atoms with Gasteiger partial charge < -0.3 is 10.6 Å². The van der Waals surface area contributed by atoms with Crippen LogP contribution >= 0.6 is 22.9 Å². The van der Waals surface area contributed by atoms with Crippen LogP contribution in [0.1, 0.15) is 5.69 Å². The maximum absolute atomic E-state index is 5.90. The fraction of sp³-hybridized carbons (Fsp3) is 0.118. The molecule has 0 unspecified atom stereocenters. The number of rotatable bonds is 6. The summed E-state index contributed by atoms with van der Waals surface area (Å²) in [4.78, 5) is 14.4. The number of benzene rings is 1. The van der Waals surface area contributed by atoms with Crippen molar-refractivity contribution >= 4 is 39.7 Å². The van der Waals surface area contributed by atoms with Crippen LogP contribution in [-0.2, 0) is 0 Å². The van der Waals surface area contributed by atoms with Crippen molar-refractivity contribution in [1.29, 1.82) is 0 Å². The van der Waals surface area contributed by atoms with Gasteiger partial charge in [-0.25, -0.2) is 15.0 Å². The molecule has 3 rings (SSSR count). The molecule has 2 N–H and O–H groups in total. The van der Waals surface area contributed by atoms with E-state index in [1.165, 1.54) is 0 Å². The van der Waals surface area contributed by atoms with Gasteiger partial charge in [-0.3, -0.25) is 0 Å². The molecule has 0 fully saturated rings. The molecule has 0 spiro atoms. The minimum absolute atomic E-state index is 0.531. The summed E-state index contributed by atoms with van der Waals surface area (Å²) in [5.41, 5.74) is 2.65. The second kappa shape index (κ2) is 7.42. The molecular weight excluding hydrogens is 342 g/mol. The lowest BCUT2D eigenvalue weighted by Gasteiger charge is -2.06. The summed E-state index contributed by atoms with van der Waals surface area (Å²) in [6, 6.07) is 9.28. The first-order valence-electron chi connectivity index (χ1n) is 7.34. The molecule has 1 aromatic carbocycles. The van der Waals surface area contributed by atoms with Crippen molar-refractivity contribution in [2.24, 2.45) is 0 Å². The van der Waals surface area contributed by atoms with E-state index in [0.717, 1.165) is 27.1 Å². The van der Waals surface area contributed by atoms with Crippen molar-refractivity contribution in [1.82, 2.24) is 15.0 Å². The third kappa shape index (κ3) is 3.90. The molecule has 0 amide bonds. The monoisotopic (exact) mass is 357 g/mol. The predicted molar refractivity (Wildman–Crippen MR) is 101 cm³/mol. The predicted octanol–water partition coefficient (Wildman–Crippen LogP) is 4.90. The Morgan fingerprint density at radius 1 is 1.21 bits per heavy atom. The molecule has 122 valence electrons. The summed E-state index contributed by atoms with van der Waals surface area (Å²) in [5, 5.41) is 7.92. The van der Waals surface area contributed by atoms with Gasteiger partial charge in [0.2, 0.25) is 5.95 Å². The van der Waals surface area contributed by atoms with E-state index in [-0.39, 0.29) is 0 Å². The number of aromatic nitrogens is 3. The average Bonchev–Trinajstić information content (AvgIpc) is 2.96. The van der Waals surface area contributed by atoms with Crippen molar-refractivity contribution in [3.05, 3.63) is 59.9 Å². The topological polar surface area (TPSA) is 62.7 Å². The first-order valence-corrected chi connectivity index (χ1v) is 8.53. The van der Waals surface area contributed by atoms with Crippen molar-refractivity contribution in [3.63, 3.8) is 0 Å². The molecule has 0 radical (unpaired) electrons. The zero-order valence-corrected chi connectivity index (χ0v) is 14.7. The standard InChI is InChI=1S/C17H16ClN5S/c1-3-9-20-17-21-11(2)15(24-17)14-8-10-19-16(23-14)22-13-6-4-12(18)5-7-13/h3-8,10H,1,9H2,2H3,(H,20,21)(H,19,22,23). The summed E-state index contributed by atoms with van der Waals surface area (Å²) >= 11 is 7.46. The Morgan fingerprint density at radius 2 is 2.00 bits per heavy atom. The van der Waals surface area contributed by atoms with Crippen LogP contribution < -0.4 is 10.6 Å². The molecule has 0 saturated heterocycles. The highest BCUT2D eigenvalue weighted by Gasteiger charge is 2.11. The molecule has 0 bridgehead atoms. The number of anilines is 3. The SMILES string of the molecule is C=CCNc1nc(C)c(-c2ccnc(Nc3ccc(Cl)cc3)n2)s1. The van der Waals surface area contributed by atoms with Crippen LogP contribution in [0.15, 0.2) is 49.2 Å². The second-order valence-corrected chi connectivity index (χ2v) is 6.44. The number of thiazole rings is 1. The minimum Gasteiger partial charge on any atom is -0.358 e. The number of hydrogen-bond donors (Lipinski definition) is 2. The van der Waals surface area contributed by atoms with Gasteiger partial charge >= 0.3 is 0 Å². The Hall–Kier alpha value is -2.44. The first-order chi connectivity index (χ1) is 11.7. The Morgan fingerprint density at radius 3 is 2.75 bits per heavy atom. The van der Waals surface area contributed by atoms with Crippen LogP contribution in [0.25, 0.3) is 10.6 Å². The zero-order valence-electron chi connectivity index (χ0n) is 13.1. The van der Waals surface area contributed by atoms with Crippen molar-refractivity contribution < 1.29 is 0 Å². The van der Waals surface area contributed by atoms with Crippen LogP contribution in [0.3, 0.4) is 0 Å². The number of nitrogens with zero attached hydrogens (tertiary/aromatic N) is 3. The van der Waals surface area contributed by atoms with Crippen LogP contribution in [0.2, 0.25) is 5.02 Å². The molecule has 0 saturated carbocycles. The highest BCUT2D eigenvalue weighted by atomic mass is 35.5. The van der Waals surface area contributed by atoms with Gasteiger partial charge in [-0.15, -0.1) is 6.58 Å². The van der Waals surface area contributed by atoms with Crippen LogP contribution in [0.4, 0.5) is 16.8 Å². The molecule has 24 heavy (non-hydrogen) atoms. The third-order valence-electron chi connectivity index (χ3n) is 3.18. The molecule has 2 heterocycles. The van der Waals surface area contributed by atoms with Gasteiger partial charge in [0, 0.05) is 23.5 Å². The van der Waals surface area contributed by atoms with Gasteiger partial charge in [0.15, 0.2) is 5.13 Å². The lowest BCUT2D eigenvalue weighted by atomic mass is 10.3. The van der Waals surface area contributed by atoms with Gasteiger partial charge in [0.25, 0.3) is 0 Å². The number of aryl methyl sites for hydroxylation is 1. The van der Waals surface area contributed by atoms with E-state index >= 15 is 0 Å². The van der Waals surface area contributed by atoms with Gasteiger partial charge in [0.1, 0.15) is 0 Å². The lowest BCUT2D eigenvalue weighted by molar-refractivity contribution is 1.16. The number of halogens is 1. The fourth-order valence-corrected chi connectivity index (χ4v) is 3.15. The molecule has 0 aliphatic rings. The van der Waals surface area contributed by atoms with E-state index in [0.29, 0.717) is 17.5 Å². The quantitative estimate of drug-likeness (QED) is 0.614. The maximum Gasteiger partial charge on any atom is 0.227 e. The fourth-order valence-electron chi connectivity index (χ4n) is 2.08. The highest BCUT2D eigenvalue weighted by molar-refractivity contribution is 7.19. The summed E-state index contributed by atoms with van der Waals surface area (Å²) < 4.78 is 0. The second-order valence-electron chi connectivity index (χ2n) is 5.00. The Balaban J connectivity index is 1.83. The molecule has 2 aromatic heterocycles. The van der Waals surface area contributed by atoms with Crippen molar-refractivity contribution in [2.75, 3.05) is 17.2 Å². The Bertz CT molecular complexity index is 844. The summed E-state index contributed by atoms with van der Waals surface area (Å²) in [6.07, 6.45) is 3.53. The Kier molecular flexibility index (Phi) is 5.08. The maximum atomic E-state index is 5.90. The smallest absolute Gasteiger partial charge is 0.227 e. The number of nitrogens with one attached hydrogen (secondary N) is 2. The average molecular weight is 358 g/mol. The molecule has 0 atom stereocenters. The van der Waals surface area contributed by atoms with Crippen LogP contribution in [0, 0.1) is 6.92 Å². The molecule has 3 aromatic rings. The molecule has 0 aliphatic carbocycles. The molecule has 7 heteroatoms. The van der Waals surface area contributed by atoms with Gasteiger partial charge in [-0.05, 0) is 37.3 Å². The molecule has 0 aliphatic heterocycles. The highest BCUT2D eigenvalue weighted by Crippen LogP contribution is 2.32. The largest absolute Gasteiger partial charge is 0.358 e. The first kappa shape index (κ1) is 16.4. The summed E-state index contributed by atoms with van der Waals surface area (Å²) in [7, 11) is 0. The van der Waals surface area contributed by atoms with Crippen LogP contribution in [-0.4, -0.2) is 21.5 Å². The van der Waals surface area contributed by atoms with Crippen molar-refractivity contribution in [2.45, 2.75) is 6.92 Å². The molecular formula is C17H16ClN5S. The van der Waals surface area contributed by atoms with E-state index in [1.54, 1.807) is 23.6 Å². The zero-order chi connectivity index (χ0) is 16.9. The van der Waals surface area contributed by atoms with E-state index in [9.17, 15) is 0 Å². The Labute approximate surface area is 149 Å². The van der Waals surface area contributed by atoms with E-state index in [2.05, 4.69) is 32.2 Å². The third-order valence-corrected chi connectivity index (χ3v) is 4.57. The van der Waals surface area contributed by atoms with Gasteiger partial charge in [0.05, 0.1) is 16.3 Å². The molecule has 5 nitrogen and oxygen atoms in total. The minimum atomic E-state index is 0.531. The summed E-state index contributed by atoms with van der Waals surface area (Å²) in [5.74, 6) is 0.531. The summed E-state index contributed by atoms with van der Waals surface area (Å²) in [6.45, 7) is 6.35. The number of hydrogen-bond acceptors (Lipinski definition) is 6. The van der Waals surface area contributed by atoms with E-state index in [4.69, 9.17) is 11.6 Å². The van der Waals surface area contributed by atoms with Crippen molar-refractivity contribution in [3.8, 4) is 10.6 Å². The van der Waals surface area contributed by atoms with Gasteiger partial charge in [-0.2, -0.15) is 0 Å². The lowest BCUT2D eigenvalue weighted by Crippen LogP contribution is -1.97. The van der Waals surface area contributed by atoms with E-state index < -0.39 is 0 Å². The normalized spacial score (nSPS) is 10.4. The van der Waals surface area contributed by atoms with E-state index in [1.807, 2.05) is 37.3 Å². The van der Waals surface area contributed by atoms with Crippen LogP contribution in [0.5, 0.6) is 0 Å². The van der Waals surface area contributed by atoms with Gasteiger partial charge in [-0.1, -0.05) is 29.0 Å².